The molecule has 0 bridgehead atoms. The van der Waals surface area contributed by atoms with Crippen molar-refractivity contribution in [3.63, 3.8) is 0 Å². The van der Waals surface area contributed by atoms with Crippen LogP contribution in [0.4, 0.5) is 5.69 Å². The van der Waals surface area contributed by atoms with Crippen molar-refractivity contribution in [1.29, 1.82) is 0 Å². The summed E-state index contributed by atoms with van der Waals surface area (Å²) in [7, 11) is 3.21. The van der Waals surface area contributed by atoms with Crippen LogP contribution >= 0.6 is 0 Å². The van der Waals surface area contributed by atoms with E-state index in [4.69, 9.17) is 9.47 Å². The Morgan fingerprint density at radius 3 is 2.70 bits per heavy atom. The second-order valence-electron chi connectivity index (χ2n) is 7.01. The van der Waals surface area contributed by atoms with Crippen molar-refractivity contribution in [2.75, 3.05) is 19.0 Å². The number of pyridine rings is 1. The maximum atomic E-state index is 12.3. The number of hydrogen-bond donors (Lipinski definition) is 1. The van der Waals surface area contributed by atoms with Crippen LogP contribution in [-0.2, 0) is 13.6 Å². The van der Waals surface area contributed by atoms with Gasteiger partial charge in [0.15, 0.2) is 0 Å². The molecule has 0 aliphatic heterocycles. The molecule has 1 N–H and O–H groups in total. The molecule has 0 spiro atoms. The van der Waals surface area contributed by atoms with Crippen molar-refractivity contribution in [3.05, 3.63) is 64.0 Å². The number of anilines is 1. The summed E-state index contributed by atoms with van der Waals surface area (Å²) in [6.07, 6.45) is 2.46. The van der Waals surface area contributed by atoms with Crippen molar-refractivity contribution in [3.8, 4) is 11.6 Å². The topological polar surface area (TPSA) is 104 Å². The number of aryl methyl sites for hydroxylation is 2. The Morgan fingerprint density at radius 1 is 1.20 bits per heavy atom. The molecule has 0 aliphatic carbocycles. The van der Waals surface area contributed by atoms with Gasteiger partial charge in [0.1, 0.15) is 11.4 Å². The molecule has 1 atom stereocenters. The molecule has 0 aromatic carbocycles. The quantitative estimate of drug-likeness (QED) is 0.574. The van der Waals surface area contributed by atoms with Gasteiger partial charge in [-0.3, -0.25) is 9.78 Å². The number of nitrogens with zero attached hydrogens (tertiary/aromatic N) is 5. The third-order valence-corrected chi connectivity index (χ3v) is 4.65. The summed E-state index contributed by atoms with van der Waals surface area (Å²) in [5.74, 6) is 1.32. The summed E-state index contributed by atoms with van der Waals surface area (Å²) in [6.45, 7) is 4.79. The molecule has 9 heteroatoms. The average Bonchev–Trinajstić information content (AvgIpc) is 2.76. The monoisotopic (exact) mass is 410 g/mol. The van der Waals surface area contributed by atoms with E-state index in [-0.39, 0.29) is 11.5 Å². The first-order valence-electron chi connectivity index (χ1n) is 9.70. The molecule has 30 heavy (non-hydrogen) atoms. The van der Waals surface area contributed by atoms with Gasteiger partial charge < -0.3 is 14.8 Å². The Morgan fingerprint density at radius 2 is 2.03 bits per heavy atom. The van der Waals surface area contributed by atoms with Gasteiger partial charge in [0.25, 0.3) is 5.56 Å². The highest BCUT2D eigenvalue weighted by Gasteiger charge is 2.11. The minimum absolute atomic E-state index is 0.209. The van der Waals surface area contributed by atoms with Crippen LogP contribution in [0.3, 0.4) is 0 Å². The number of ether oxygens (including phenoxy) is 2. The highest BCUT2D eigenvalue weighted by Crippen LogP contribution is 2.20. The van der Waals surface area contributed by atoms with Crippen LogP contribution in [-0.4, -0.2) is 38.7 Å². The van der Waals surface area contributed by atoms with Gasteiger partial charge in [-0.05, 0) is 37.6 Å². The first-order chi connectivity index (χ1) is 14.5. The molecule has 0 amide bonds. The standard InChI is InChI=1S/C21H26N6O3/c1-14(18-8-7-17(29-4)13-23-18)9-10-30-20-11-19(21(28)27(3)26-20)22-12-16-6-5-15(2)24-25-16/h5-8,11,13-14,22H,9-10,12H2,1-4H3/t14-/m1/s1. The van der Waals surface area contributed by atoms with E-state index in [1.807, 2.05) is 31.2 Å². The van der Waals surface area contributed by atoms with E-state index in [1.54, 1.807) is 26.4 Å². The lowest BCUT2D eigenvalue weighted by Gasteiger charge is -2.13. The summed E-state index contributed by atoms with van der Waals surface area (Å²) in [4.78, 5) is 16.8. The average molecular weight is 410 g/mol. The SMILES string of the molecule is COc1ccc([C@H](C)CCOc2cc(NCc3ccc(C)nn3)c(=O)n(C)n2)nc1. The molecule has 158 valence electrons. The normalized spacial score (nSPS) is 11.7. The highest BCUT2D eigenvalue weighted by molar-refractivity contribution is 5.43. The Kier molecular flexibility index (Phi) is 6.95. The van der Waals surface area contributed by atoms with Crippen LogP contribution in [0, 0.1) is 6.92 Å². The van der Waals surface area contributed by atoms with Crippen LogP contribution < -0.4 is 20.3 Å². The zero-order valence-electron chi connectivity index (χ0n) is 17.6. The maximum Gasteiger partial charge on any atom is 0.290 e. The minimum atomic E-state index is -0.238. The summed E-state index contributed by atoms with van der Waals surface area (Å²) < 4.78 is 12.2. The molecular weight excluding hydrogens is 384 g/mol. The maximum absolute atomic E-state index is 12.3. The van der Waals surface area contributed by atoms with Gasteiger partial charge in [-0.15, -0.1) is 5.10 Å². The van der Waals surface area contributed by atoms with Crippen molar-refractivity contribution < 1.29 is 9.47 Å². The fourth-order valence-corrected chi connectivity index (χ4v) is 2.78. The summed E-state index contributed by atoms with van der Waals surface area (Å²) in [5, 5.41) is 15.4. The van der Waals surface area contributed by atoms with Gasteiger partial charge in [0.05, 0.1) is 37.8 Å². The van der Waals surface area contributed by atoms with Gasteiger partial charge in [0, 0.05) is 24.7 Å². The van der Waals surface area contributed by atoms with Crippen LogP contribution in [0.1, 0.15) is 36.3 Å². The van der Waals surface area contributed by atoms with E-state index >= 15 is 0 Å². The number of nitrogens with one attached hydrogen (secondary N) is 1. The predicted octanol–water partition coefficient (Wildman–Crippen LogP) is 2.47. The van der Waals surface area contributed by atoms with Crippen LogP contribution in [0.2, 0.25) is 0 Å². The van der Waals surface area contributed by atoms with Crippen LogP contribution in [0.25, 0.3) is 0 Å². The Bertz CT molecular complexity index is 1020. The number of hydrogen-bond acceptors (Lipinski definition) is 8. The molecule has 0 saturated carbocycles. The fraction of sp³-hybridized carbons (Fsp3) is 0.381. The third-order valence-electron chi connectivity index (χ3n) is 4.65. The fourth-order valence-electron chi connectivity index (χ4n) is 2.78. The summed E-state index contributed by atoms with van der Waals surface area (Å²) in [5.41, 5.74) is 2.71. The van der Waals surface area contributed by atoms with Gasteiger partial charge in [-0.25, -0.2) is 4.68 Å². The van der Waals surface area contributed by atoms with Crippen molar-refractivity contribution in [1.82, 2.24) is 25.0 Å². The molecule has 0 fully saturated rings. The minimum Gasteiger partial charge on any atom is -0.495 e. The first-order valence-corrected chi connectivity index (χ1v) is 9.70. The molecule has 0 aliphatic rings. The van der Waals surface area contributed by atoms with Gasteiger partial charge >= 0.3 is 0 Å². The smallest absolute Gasteiger partial charge is 0.290 e. The molecule has 0 radical (unpaired) electrons. The second-order valence-corrected chi connectivity index (χ2v) is 7.01. The van der Waals surface area contributed by atoms with Crippen molar-refractivity contribution >= 4 is 5.69 Å². The van der Waals surface area contributed by atoms with Crippen LogP contribution in [0.15, 0.2) is 41.3 Å². The summed E-state index contributed by atoms with van der Waals surface area (Å²) >= 11 is 0. The summed E-state index contributed by atoms with van der Waals surface area (Å²) in [6, 6.07) is 9.20. The molecule has 0 unspecified atom stereocenters. The van der Waals surface area contributed by atoms with E-state index in [9.17, 15) is 4.79 Å². The van der Waals surface area contributed by atoms with Crippen molar-refractivity contribution in [2.24, 2.45) is 7.05 Å². The Hall–Kier alpha value is -3.49. The van der Waals surface area contributed by atoms with E-state index in [2.05, 4.69) is 32.5 Å². The molecule has 0 saturated heterocycles. The third kappa shape index (κ3) is 5.53. The Labute approximate surface area is 175 Å². The largest absolute Gasteiger partial charge is 0.495 e. The molecular formula is C21H26N6O3. The lowest BCUT2D eigenvalue weighted by Crippen LogP contribution is -2.24. The lowest BCUT2D eigenvalue weighted by molar-refractivity contribution is 0.281. The zero-order valence-corrected chi connectivity index (χ0v) is 17.6. The number of aromatic nitrogens is 5. The van der Waals surface area contributed by atoms with E-state index < -0.39 is 0 Å². The molecule has 9 nitrogen and oxygen atoms in total. The van der Waals surface area contributed by atoms with Crippen molar-refractivity contribution in [2.45, 2.75) is 32.7 Å². The van der Waals surface area contributed by atoms with Gasteiger partial charge in [-0.1, -0.05) is 6.92 Å². The highest BCUT2D eigenvalue weighted by atomic mass is 16.5. The lowest BCUT2D eigenvalue weighted by atomic mass is 10.0. The second kappa shape index (κ2) is 9.82. The molecule has 3 heterocycles. The van der Waals surface area contributed by atoms with E-state index in [0.717, 1.165) is 29.3 Å². The Balaban J connectivity index is 1.58. The zero-order chi connectivity index (χ0) is 21.5. The molecule has 3 rings (SSSR count). The molecule has 3 aromatic rings. The number of methoxy groups -OCH3 is 1. The van der Waals surface area contributed by atoms with Gasteiger partial charge in [0.2, 0.25) is 5.88 Å². The predicted molar refractivity (Wildman–Crippen MR) is 113 cm³/mol. The molecule has 3 aromatic heterocycles. The van der Waals surface area contributed by atoms with Gasteiger partial charge in [-0.2, -0.15) is 10.2 Å². The number of rotatable bonds is 9. The van der Waals surface area contributed by atoms with E-state index in [1.165, 1.54) is 4.68 Å². The first kappa shape index (κ1) is 21.2. The van der Waals surface area contributed by atoms with Crippen LogP contribution in [0.5, 0.6) is 11.6 Å². The van der Waals surface area contributed by atoms with E-state index in [0.29, 0.717) is 24.7 Å².